The Labute approximate surface area is 196 Å². The number of amides is 3. The van der Waals surface area contributed by atoms with Crippen LogP contribution in [0.3, 0.4) is 0 Å². The molecule has 0 atom stereocenters. The molecule has 2 aliphatic rings. The molecule has 8 heteroatoms. The molecule has 7 nitrogen and oxygen atoms in total. The second kappa shape index (κ2) is 9.58. The summed E-state index contributed by atoms with van der Waals surface area (Å²) < 4.78 is 0. The Hall–Kier alpha value is -3.45. The molecule has 1 aliphatic carbocycles. The van der Waals surface area contributed by atoms with Crippen molar-refractivity contribution in [1.29, 1.82) is 0 Å². The van der Waals surface area contributed by atoms with Gasteiger partial charge in [0.1, 0.15) is 10.7 Å². The number of rotatable bonds is 6. The fourth-order valence-corrected chi connectivity index (χ4v) is 4.42. The Balaban J connectivity index is 1.49. The fraction of sp³-hybridized carbons (Fsp3) is 0.280. The van der Waals surface area contributed by atoms with Crippen molar-refractivity contribution in [3.63, 3.8) is 0 Å². The van der Waals surface area contributed by atoms with Gasteiger partial charge in [-0.05, 0) is 50.1 Å². The minimum Gasteiger partial charge on any atom is -0.350 e. The van der Waals surface area contributed by atoms with Crippen LogP contribution in [0.4, 0.5) is 11.4 Å². The molecule has 170 valence electrons. The molecule has 33 heavy (non-hydrogen) atoms. The number of imide groups is 1. The number of halogens is 1. The number of Topliss-reactive ketones (excluding diaryl/α,β-unsaturated/α-hetero) is 1. The van der Waals surface area contributed by atoms with Crippen molar-refractivity contribution in [2.75, 3.05) is 10.6 Å². The van der Waals surface area contributed by atoms with Crippen molar-refractivity contribution in [1.82, 2.24) is 4.90 Å². The zero-order chi connectivity index (χ0) is 23.5. The van der Waals surface area contributed by atoms with Gasteiger partial charge in [-0.1, -0.05) is 49.1 Å². The third-order valence-corrected chi connectivity index (χ3v) is 6.27. The molecule has 2 aromatic carbocycles. The molecule has 0 unspecified atom stereocenters. The molecule has 1 saturated carbocycles. The van der Waals surface area contributed by atoms with Crippen LogP contribution < -0.4 is 10.6 Å². The van der Waals surface area contributed by atoms with Crippen LogP contribution in [0.5, 0.6) is 0 Å². The summed E-state index contributed by atoms with van der Waals surface area (Å²) in [5.41, 5.74) is 1.82. The van der Waals surface area contributed by atoms with Crippen LogP contribution >= 0.6 is 11.6 Å². The van der Waals surface area contributed by atoms with Crippen molar-refractivity contribution < 1.29 is 19.2 Å². The molecular weight excluding hydrogens is 442 g/mol. The quantitative estimate of drug-likeness (QED) is 0.476. The van der Waals surface area contributed by atoms with Crippen molar-refractivity contribution in [3.8, 4) is 0 Å². The summed E-state index contributed by atoms with van der Waals surface area (Å²) in [4.78, 5) is 51.2. The molecule has 2 N–H and O–H groups in total. The summed E-state index contributed by atoms with van der Waals surface area (Å²) in [6.07, 6.45) is 4.64. The van der Waals surface area contributed by atoms with E-state index in [2.05, 4.69) is 10.6 Å². The number of carbonyl (C=O) groups is 4. The normalized spacial score (nSPS) is 16.8. The van der Waals surface area contributed by atoms with Gasteiger partial charge in [-0.2, -0.15) is 0 Å². The lowest BCUT2D eigenvalue weighted by molar-refractivity contribution is -0.140. The van der Waals surface area contributed by atoms with Gasteiger partial charge in [-0.3, -0.25) is 24.1 Å². The highest BCUT2D eigenvalue weighted by molar-refractivity contribution is 6.48. The third kappa shape index (κ3) is 4.83. The van der Waals surface area contributed by atoms with E-state index < -0.39 is 11.8 Å². The van der Waals surface area contributed by atoms with Gasteiger partial charge < -0.3 is 10.6 Å². The topological polar surface area (TPSA) is 95.6 Å². The summed E-state index contributed by atoms with van der Waals surface area (Å²) in [6, 6.07) is 13.1. The van der Waals surface area contributed by atoms with E-state index in [0.717, 1.165) is 32.1 Å². The molecule has 3 amide bonds. The van der Waals surface area contributed by atoms with E-state index in [1.807, 2.05) is 0 Å². The van der Waals surface area contributed by atoms with Crippen LogP contribution in [0.1, 0.15) is 59.7 Å². The zero-order valence-electron chi connectivity index (χ0n) is 18.2. The Bertz CT molecular complexity index is 1170. The third-order valence-electron chi connectivity index (χ3n) is 5.92. The predicted molar refractivity (Wildman–Crippen MR) is 126 cm³/mol. The maximum absolute atomic E-state index is 13.0. The van der Waals surface area contributed by atoms with Gasteiger partial charge in [0.25, 0.3) is 17.7 Å². The van der Waals surface area contributed by atoms with Gasteiger partial charge in [0.15, 0.2) is 5.78 Å². The SMILES string of the molecule is CC(=O)c1cccc(NC(=O)c2cccc(NC3=C(Cl)C(=O)N(C4CCCCC4)C3=O)c2)c1. The predicted octanol–water partition coefficient (Wildman–Crippen LogP) is 4.71. The molecule has 1 heterocycles. The number of hydrogen-bond donors (Lipinski definition) is 2. The van der Waals surface area contributed by atoms with Gasteiger partial charge in [-0.25, -0.2) is 0 Å². The largest absolute Gasteiger partial charge is 0.350 e. The van der Waals surface area contributed by atoms with E-state index >= 15 is 0 Å². The van der Waals surface area contributed by atoms with Crippen LogP contribution in [0.15, 0.2) is 59.3 Å². The number of nitrogens with one attached hydrogen (secondary N) is 2. The lowest BCUT2D eigenvalue weighted by atomic mass is 9.94. The first-order chi connectivity index (χ1) is 15.8. The minimum absolute atomic E-state index is 0.0268. The number of benzene rings is 2. The van der Waals surface area contributed by atoms with E-state index in [4.69, 9.17) is 11.6 Å². The Morgan fingerprint density at radius 3 is 2.24 bits per heavy atom. The summed E-state index contributed by atoms with van der Waals surface area (Å²) in [7, 11) is 0. The number of anilines is 2. The van der Waals surface area contributed by atoms with E-state index in [1.165, 1.54) is 11.8 Å². The first-order valence-electron chi connectivity index (χ1n) is 10.9. The van der Waals surface area contributed by atoms with Crippen LogP contribution in [-0.2, 0) is 9.59 Å². The highest BCUT2D eigenvalue weighted by Crippen LogP contribution is 2.32. The molecule has 4 rings (SSSR count). The molecule has 0 bridgehead atoms. The average molecular weight is 466 g/mol. The first kappa shape index (κ1) is 22.7. The Morgan fingerprint density at radius 2 is 1.55 bits per heavy atom. The van der Waals surface area contributed by atoms with Crippen molar-refractivity contribution >= 4 is 46.5 Å². The van der Waals surface area contributed by atoms with Crippen molar-refractivity contribution in [3.05, 3.63) is 70.4 Å². The molecule has 0 radical (unpaired) electrons. The number of hydrogen-bond acceptors (Lipinski definition) is 5. The van der Waals surface area contributed by atoms with Crippen LogP contribution in [0, 0.1) is 0 Å². The number of nitrogens with zero attached hydrogens (tertiary/aromatic N) is 1. The zero-order valence-corrected chi connectivity index (χ0v) is 18.9. The Morgan fingerprint density at radius 1 is 0.909 bits per heavy atom. The number of ketones is 1. The van der Waals surface area contributed by atoms with E-state index in [-0.39, 0.29) is 28.5 Å². The van der Waals surface area contributed by atoms with Gasteiger partial charge in [0.2, 0.25) is 0 Å². The van der Waals surface area contributed by atoms with E-state index in [1.54, 1.807) is 48.5 Å². The van der Waals surface area contributed by atoms with Crippen molar-refractivity contribution in [2.45, 2.75) is 45.1 Å². The molecule has 1 aliphatic heterocycles. The lowest BCUT2D eigenvalue weighted by Gasteiger charge is -2.29. The van der Waals surface area contributed by atoms with E-state index in [0.29, 0.717) is 22.5 Å². The fourth-order valence-electron chi connectivity index (χ4n) is 4.20. The standard InChI is InChI=1S/C25H24ClN3O4/c1-15(30)16-7-5-10-19(13-16)28-23(31)17-8-6-9-18(14-17)27-22-21(26)24(32)29(25(22)33)20-11-3-2-4-12-20/h5-10,13-14,20,27H,2-4,11-12H2,1H3,(H,28,31). The van der Waals surface area contributed by atoms with Gasteiger partial charge >= 0.3 is 0 Å². The first-order valence-corrected chi connectivity index (χ1v) is 11.3. The smallest absolute Gasteiger partial charge is 0.279 e. The van der Waals surface area contributed by atoms with Crippen LogP contribution in [0.25, 0.3) is 0 Å². The second-order valence-electron chi connectivity index (χ2n) is 8.26. The van der Waals surface area contributed by atoms with Gasteiger partial charge in [-0.15, -0.1) is 0 Å². The molecule has 0 aromatic heterocycles. The molecular formula is C25H24ClN3O4. The summed E-state index contributed by atoms with van der Waals surface area (Å²) in [5.74, 6) is -1.39. The highest BCUT2D eigenvalue weighted by Gasteiger charge is 2.42. The van der Waals surface area contributed by atoms with Crippen molar-refractivity contribution in [2.24, 2.45) is 0 Å². The van der Waals surface area contributed by atoms with Crippen LogP contribution in [0.2, 0.25) is 0 Å². The maximum Gasteiger partial charge on any atom is 0.279 e. The molecule has 0 spiro atoms. The monoisotopic (exact) mass is 465 g/mol. The summed E-state index contributed by atoms with van der Waals surface area (Å²) in [6.45, 7) is 1.46. The maximum atomic E-state index is 13.0. The van der Waals surface area contributed by atoms with Gasteiger partial charge in [0, 0.05) is 28.5 Å². The average Bonchev–Trinajstić information content (AvgIpc) is 3.03. The van der Waals surface area contributed by atoms with E-state index in [9.17, 15) is 19.2 Å². The summed E-state index contributed by atoms with van der Waals surface area (Å²) in [5, 5.41) is 5.56. The molecule has 1 fully saturated rings. The van der Waals surface area contributed by atoms with Crippen LogP contribution in [-0.4, -0.2) is 34.4 Å². The highest BCUT2D eigenvalue weighted by atomic mass is 35.5. The minimum atomic E-state index is -0.477. The summed E-state index contributed by atoms with van der Waals surface area (Å²) >= 11 is 6.24. The molecule has 0 saturated heterocycles. The lowest BCUT2D eigenvalue weighted by Crippen LogP contribution is -2.42. The Kier molecular flexibility index (Phi) is 6.60. The molecule has 2 aromatic rings. The second-order valence-corrected chi connectivity index (χ2v) is 8.64. The van der Waals surface area contributed by atoms with Gasteiger partial charge in [0.05, 0.1) is 0 Å². The number of carbonyl (C=O) groups excluding carboxylic acids is 4.